The molecule has 1 aliphatic carbocycles. The molecule has 12 heteroatoms. The zero-order valence-corrected chi connectivity index (χ0v) is 19.6. The molecule has 3 rings (SSSR count). The van der Waals surface area contributed by atoms with Gasteiger partial charge in [0.15, 0.2) is 0 Å². The van der Waals surface area contributed by atoms with E-state index in [1.807, 2.05) is 0 Å². The van der Waals surface area contributed by atoms with Crippen LogP contribution in [0.25, 0.3) is 0 Å². The van der Waals surface area contributed by atoms with Gasteiger partial charge in [0.25, 0.3) is 0 Å². The standard InChI is InChI=1S/C16H24N2O5.C7H8N4O/c1-11(17-10-13(19)20)14(21)18-9-5-8-16(18,15(22)23)12-6-3-2-4-7-12;8-6(9)5-2-1-4(3-11-5)7(10)12/h10-12H,2-9H2,1H3,(H,19,20)(H,22,23);1-3H,(H3,8,9)(H2,10,12)/t11-,16+;/m0./s1. The number of rotatable bonds is 7. The monoisotopic (exact) mass is 488 g/mol. The van der Waals surface area contributed by atoms with Gasteiger partial charge in [0.2, 0.25) is 11.8 Å². The molecule has 0 spiro atoms. The summed E-state index contributed by atoms with van der Waals surface area (Å²) in [7, 11) is 0. The fraction of sp³-hybridized carbons (Fsp3) is 0.522. The molecule has 1 aromatic rings. The van der Waals surface area contributed by atoms with E-state index >= 15 is 0 Å². The summed E-state index contributed by atoms with van der Waals surface area (Å²) >= 11 is 0. The third-order valence-corrected chi connectivity index (χ3v) is 6.43. The molecule has 7 N–H and O–H groups in total. The number of nitrogens with zero attached hydrogens (tertiary/aromatic N) is 3. The number of carboxylic acids is 2. The Balaban J connectivity index is 0.000000303. The van der Waals surface area contributed by atoms with Crippen molar-refractivity contribution in [1.29, 1.82) is 5.41 Å². The zero-order valence-electron chi connectivity index (χ0n) is 19.6. The number of likely N-dealkylation sites (tertiary alicyclic amines) is 1. The first-order valence-corrected chi connectivity index (χ1v) is 11.4. The molecule has 0 unspecified atom stereocenters. The van der Waals surface area contributed by atoms with Crippen molar-refractivity contribution in [2.24, 2.45) is 22.4 Å². The number of pyridine rings is 1. The highest BCUT2D eigenvalue weighted by Gasteiger charge is 2.55. The van der Waals surface area contributed by atoms with Gasteiger partial charge >= 0.3 is 11.9 Å². The SMILES string of the molecule is C[C@H](N=CC(=O)O)C(=O)N1CCC[C@]1(C(=O)O)C1CCCCC1.N=C(N)c1ccc(C(N)=O)cn1. The molecular weight excluding hydrogens is 456 g/mol. The summed E-state index contributed by atoms with van der Waals surface area (Å²) in [6.07, 6.45) is 7.85. The number of nitrogens with two attached hydrogens (primary N) is 2. The van der Waals surface area contributed by atoms with E-state index in [4.69, 9.17) is 22.0 Å². The van der Waals surface area contributed by atoms with Crippen molar-refractivity contribution < 1.29 is 29.4 Å². The predicted molar refractivity (Wildman–Crippen MR) is 127 cm³/mol. The average molecular weight is 489 g/mol. The number of nitrogens with one attached hydrogen (secondary N) is 1. The summed E-state index contributed by atoms with van der Waals surface area (Å²) in [6, 6.07) is 2.07. The molecule has 1 aromatic heterocycles. The molecule has 2 atom stereocenters. The van der Waals surface area contributed by atoms with E-state index in [1.54, 1.807) is 0 Å². The van der Waals surface area contributed by atoms with Gasteiger partial charge in [-0.3, -0.25) is 25.0 Å². The first kappa shape index (κ1) is 27.4. The lowest BCUT2D eigenvalue weighted by Crippen LogP contribution is -2.59. The zero-order chi connectivity index (χ0) is 26.2. The van der Waals surface area contributed by atoms with Gasteiger partial charge in [0.1, 0.15) is 29.3 Å². The van der Waals surface area contributed by atoms with Crippen molar-refractivity contribution in [3.8, 4) is 0 Å². The molecule has 2 aliphatic rings. The summed E-state index contributed by atoms with van der Waals surface area (Å²) in [5.41, 5.74) is 9.61. The van der Waals surface area contributed by atoms with Crippen LogP contribution < -0.4 is 11.5 Å². The minimum absolute atomic E-state index is 0.0316. The Morgan fingerprint density at radius 1 is 1.17 bits per heavy atom. The summed E-state index contributed by atoms with van der Waals surface area (Å²) < 4.78 is 0. The highest BCUT2D eigenvalue weighted by molar-refractivity contribution is 6.22. The number of amides is 2. The smallest absolute Gasteiger partial charge is 0.346 e. The number of nitrogen functional groups attached to an aromatic ring is 1. The number of aliphatic carboxylic acids is 2. The highest BCUT2D eigenvalue weighted by Crippen LogP contribution is 2.43. The fourth-order valence-corrected chi connectivity index (χ4v) is 4.71. The van der Waals surface area contributed by atoms with E-state index < -0.39 is 35.3 Å². The molecular formula is C23H32N6O6. The van der Waals surface area contributed by atoms with E-state index in [1.165, 1.54) is 30.2 Å². The number of hydrogen-bond acceptors (Lipinski definition) is 7. The van der Waals surface area contributed by atoms with Gasteiger partial charge in [-0.1, -0.05) is 19.3 Å². The lowest BCUT2D eigenvalue weighted by Gasteiger charge is -2.43. The molecule has 35 heavy (non-hydrogen) atoms. The van der Waals surface area contributed by atoms with Crippen LogP contribution in [0.1, 0.15) is 67.9 Å². The summed E-state index contributed by atoms with van der Waals surface area (Å²) in [6.45, 7) is 1.90. The molecule has 0 radical (unpaired) electrons. The summed E-state index contributed by atoms with van der Waals surface area (Å²) in [5.74, 6) is -3.26. The average Bonchev–Trinajstić information content (AvgIpc) is 3.29. The van der Waals surface area contributed by atoms with E-state index in [0.717, 1.165) is 32.1 Å². The van der Waals surface area contributed by atoms with Gasteiger partial charge in [0.05, 0.1) is 5.56 Å². The number of hydrogen-bond donors (Lipinski definition) is 5. The van der Waals surface area contributed by atoms with E-state index in [2.05, 4.69) is 9.98 Å². The third kappa shape index (κ3) is 6.61. The topological polar surface area (TPSA) is 213 Å². The summed E-state index contributed by atoms with van der Waals surface area (Å²) in [5, 5.41) is 25.6. The van der Waals surface area contributed by atoms with Crippen molar-refractivity contribution in [2.75, 3.05) is 6.54 Å². The molecule has 1 saturated carbocycles. The highest BCUT2D eigenvalue weighted by atomic mass is 16.4. The molecule has 2 amide bonds. The van der Waals surface area contributed by atoms with Crippen LogP contribution in [0.2, 0.25) is 0 Å². The van der Waals surface area contributed by atoms with E-state index in [-0.39, 0.29) is 11.8 Å². The first-order chi connectivity index (χ1) is 16.5. The Labute approximate surface area is 202 Å². The number of carbonyl (C=O) groups excluding carboxylic acids is 2. The van der Waals surface area contributed by atoms with Crippen molar-refractivity contribution in [1.82, 2.24) is 9.88 Å². The predicted octanol–water partition coefficient (Wildman–Crippen LogP) is 1.02. The largest absolute Gasteiger partial charge is 0.479 e. The van der Waals surface area contributed by atoms with Gasteiger partial charge < -0.3 is 26.6 Å². The van der Waals surface area contributed by atoms with Gasteiger partial charge in [-0.05, 0) is 50.7 Å². The Kier molecular flexibility index (Phi) is 9.43. The quantitative estimate of drug-likeness (QED) is 0.275. The van der Waals surface area contributed by atoms with Gasteiger partial charge in [-0.2, -0.15) is 0 Å². The lowest BCUT2D eigenvalue weighted by atomic mass is 9.73. The van der Waals surface area contributed by atoms with E-state index in [0.29, 0.717) is 36.9 Å². The Morgan fingerprint density at radius 3 is 2.31 bits per heavy atom. The minimum Gasteiger partial charge on any atom is -0.479 e. The molecule has 0 aromatic carbocycles. The molecule has 12 nitrogen and oxygen atoms in total. The molecule has 2 heterocycles. The maximum absolute atomic E-state index is 12.7. The van der Waals surface area contributed by atoms with Crippen LogP contribution in [0.15, 0.2) is 23.3 Å². The van der Waals surface area contributed by atoms with Crippen LogP contribution in [0.5, 0.6) is 0 Å². The van der Waals surface area contributed by atoms with Crippen molar-refractivity contribution in [2.45, 2.75) is 63.5 Å². The van der Waals surface area contributed by atoms with Crippen LogP contribution in [-0.4, -0.2) is 74.0 Å². The van der Waals surface area contributed by atoms with Crippen LogP contribution in [0.3, 0.4) is 0 Å². The van der Waals surface area contributed by atoms with Crippen LogP contribution in [-0.2, 0) is 14.4 Å². The van der Waals surface area contributed by atoms with Crippen molar-refractivity contribution in [3.05, 3.63) is 29.6 Å². The third-order valence-electron chi connectivity index (χ3n) is 6.43. The first-order valence-electron chi connectivity index (χ1n) is 11.4. The summed E-state index contributed by atoms with van der Waals surface area (Å²) in [4.78, 5) is 54.9. The van der Waals surface area contributed by atoms with Crippen LogP contribution in [0.4, 0.5) is 0 Å². The Morgan fingerprint density at radius 2 is 1.83 bits per heavy atom. The Bertz CT molecular complexity index is 956. The van der Waals surface area contributed by atoms with E-state index in [9.17, 15) is 24.3 Å². The van der Waals surface area contributed by atoms with Crippen LogP contribution in [0, 0.1) is 11.3 Å². The second kappa shape index (κ2) is 12.0. The minimum atomic E-state index is -1.22. The maximum Gasteiger partial charge on any atom is 0.346 e. The number of primary amides is 1. The molecule has 1 aliphatic heterocycles. The van der Waals surface area contributed by atoms with Crippen molar-refractivity contribution in [3.63, 3.8) is 0 Å². The number of carboxylic acid groups (broad SMARTS) is 2. The van der Waals surface area contributed by atoms with Crippen LogP contribution >= 0.6 is 0 Å². The molecule has 190 valence electrons. The number of carbonyl (C=O) groups is 4. The van der Waals surface area contributed by atoms with Crippen molar-refractivity contribution >= 4 is 35.8 Å². The number of aromatic nitrogens is 1. The van der Waals surface area contributed by atoms with Gasteiger partial charge in [-0.25, -0.2) is 9.59 Å². The molecule has 2 fully saturated rings. The second-order valence-corrected chi connectivity index (χ2v) is 8.66. The van der Waals surface area contributed by atoms with Gasteiger partial charge in [0, 0.05) is 12.7 Å². The maximum atomic E-state index is 12.7. The molecule has 1 saturated heterocycles. The Hall–Kier alpha value is -3.83. The lowest BCUT2D eigenvalue weighted by molar-refractivity contribution is -0.162. The second-order valence-electron chi connectivity index (χ2n) is 8.66. The number of amidine groups is 1. The molecule has 0 bridgehead atoms. The fourth-order valence-electron chi connectivity index (χ4n) is 4.71. The normalized spacial score (nSPS) is 21.1. The number of aliphatic imine (C=N–C) groups is 1. The van der Waals surface area contributed by atoms with Gasteiger partial charge in [-0.15, -0.1) is 0 Å².